The normalized spacial score (nSPS) is 12.3. The van der Waals surface area contributed by atoms with Gasteiger partial charge in [0.1, 0.15) is 0 Å². The van der Waals surface area contributed by atoms with Crippen molar-refractivity contribution in [3.8, 4) is 0 Å². The average molecular weight is 270 g/mol. The molecular weight excluding hydrogens is 240 g/mol. The molecule has 0 aliphatic heterocycles. The number of carbonyl (C=O) groups is 2. The van der Waals surface area contributed by atoms with Crippen molar-refractivity contribution in [1.82, 2.24) is 10.6 Å². The van der Waals surface area contributed by atoms with E-state index in [4.69, 9.17) is 0 Å². The van der Waals surface area contributed by atoms with Crippen molar-refractivity contribution in [2.24, 2.45) is 11.8 Å². The fraction of sp³-hybridized carbons (Fsp3) is 0.867. The highest BCUT2D eigenvalue weighted by atomic mass is 16.2. The van der Waals surface area contributed by atoms with Crippen LogP contribution < -0.4 is 10.6 Å². The Morgan fingerprint density at radius 1 is 0.842 bits per heavy atom. The minimum absolute atomic E-state index is 0.0655. The molecule has 0 radical (unpaired) electrons. The first-order valence-electron chi connectivity index (χ1n) is 7.54. The quantitative estimate of drug-likeness (QED) is 0.599. The molecule has 1 unspecified atom stereocenters. The van der Waals surface area contributed by atoms with Crippen LogP contribution in [-0.4, -0.2) is 24.9 Å². The van der Waals surface area contributed by atoms with E-state index in [-0.39, 0.29) is 23.7 Å². The van der Waals surface area contributed by atoms with Crippen molar-refractivity contribution in [3.63, 3.8) is 0 Å². The third kappa shape index (κ3) is 9.51. The van der Waals surface area contributed by atoms with Gasteiger partial charge in [-0.3, -0.25) is 9.59 Å². The van der Waals surface area contributed by atoms with Crippen LogP contribution in [0.4, 0.5) is 0 Å². The van der Waals surface area contributed by atoms with E-state index < -0.39 is 0 Å². The lowest BCUT2D eigenvalue weighted by atomic mass is 10.1. The van der Waals surface area contributed by atoms with Gasteiger partial charge in [-0.1, -0.05) is 40.5 Å². The summed E-state index contributed by atoms with van der Waals surface area (Å²) in [5.41, 5.74) is 0. The van der Waals surface area contributed by atoms with E-state index in [1.54, 1.807) is 0 Å². The maximum atomic E-state index is 11.5. The summed E-state index contributed by atoms with van der Waals surface area (Å²) in [6.45, 7) is 9.30. The van der Waals surface area contributed by atoms with Crippen molar-refractivity contribution in [1.29, 1.82) is 0 Å². The van der Waals surface area contributed by atoms with E-state index in [2.05, 4.69) is 10.6 Å². The first-order valence-corrected chi connectivity index (χ1v) is 7.54. The van der Waals surface area contributed by atoms with Crippen LogP contribution in [0.1, 0.15) is 59.8 Å². The van der Waals surface area contributed by atoms with Crippen LogP contribution in [0, 0.1) is 11.8 Å². The van der Waals surface area contributed by atoms with Gasteiger partial charge in [0, 0.05) is 24.9 Å². The minimum Gasteiger partial charge on any atom is -0.356 e. The Balaban J connectivity index is 3.32. The predicted molar refractivity (Wildman–Crippen MR) is 78.8 cm³/mol. The summed E-state index contributed by atoms with van der Waals surface area (Å²) in [6.07, 6.45) is 5.11. The molecule has 0 fully saturated rings. The fourth-order valence-electron chi connectivity index (χ4n) is 1.59. The van der Waals surface area contributed by atoms with E-state index in [9.17, 15) is 9.59 Å². The second-order valence-electron chi connectivity index (χ2n) is 5.46. The summed E-state index contributed by atoms with van der Waals surface area (Å²) in [4.78, 5) is 22.8. The van der Waals surface area contributed by atoms with Gasteiger partial charge >= 0.3 is 0 Å². The number of nitrogens with one attached hydrogen (secondary N) is 2. The minimum atomic E-state index is 0.0655. The molecule has 0 spiro atoms. The lowest BCUT2D eigenvalue weighted by molar-refractivity contribution is -0.125. The molecule has 0 saturated heterocycles. The molecule has 0 aliphatic carbocycles. The molecule has 0 aromatic rings. The number of rotatable bonds is 10. The van der Waals surface area contributed by atoms with Crippen molar-refractivity contribution in [3.05, 3.63) is 0 Å². The highest BCUT2D eigenvalue weighted by molar-refractivity contribution is 5.78. The van der Waals surface area contributed by atoms with E-state index in [1.807, 2.05) is 27.7 Å². The Labute approximate surface area is 117 Å². The number of hydrogen-bond acceptors (Lipinski definition) is 2. The second kappa shape index (κ2) is 10.8. The maximum Gasteiger partial charge on any atom is 0.222 e. The van der Waals surface area contributed by atoms with Gasteiger partial charge in [0.15, 0.2) is 0 Å². The number of amides is 2. The zero-order valence-electron chi connectivity index (χ0n) is 12.9. The average Bonchev–Trinajstić information content (AvgIpc) is 2.39. The van der Waals surface area contributed by atoms with Gasteiger partial charge in [-0.25, -0.2) is 0 Å². The number of hydrogen-bond donors (Lipinski definition) is 2. The Bertz CT molecular complexity index is 265. The summed E-state index contributed by atoms with van der Waals surface area (Å²) in [7, 11) is 0. The molecule has 2 amide bonds. The lowest BCUT2D eigenvalue weighted by Crippen LogP contribution is -2.29. The van der Waals surface area contributed by atoms with Crippen LogP contribution in [0.2, 0.25) is 0 Å². The van der Waals surface area contributed by atoms with Crippen LogP contribution in [0.5, 0.6) is 0 Å². The topological polar surface area (TPSA) is 58.2 Å². The summed E-state index contributed by atoms with van der Waals surface area (Å²) in [5, 5.41) is 5.85. The molecular formula is C15H30N2O2. The highest BCUT2D eigenvalue weighted by Gasteiger charge is 2.08. The SMILES string of the molecule is CCC(C)C(=O)NCCCCCCNC(=O)C(C)C. The van der Waals surface area contributed by atoms with Gasteiger partial charge < -0.3 is 10.6 Å². The summed E-state index contributed by atoms with van der Waals surface area (Å²) >= 11 is 0. The molecule has 4 nitrogen and oxygen atoms in total. The first kappa shape index (κ1) is 17.9. The molecule has 4 heteroatoms. The number of carbonyl (C=O) groups excluding carboxylic acids is 2. The highest BCUT2D eigenvalue weighted by Crippen LogP contribution is 2.01. The van der Waals surface area contributed by atoms with Gasteiger partial charge in [-0.05, 0) is 19.3 Å². The Kier molecular flexibility index (Phi) is 10.2. The molecule has 0 aromatic carbocycles. The lowest BCUT2D eigenvalue weighted by Gasteiger charge is -2.10. The maximum absolute atomic E-state index is 11.5. The molecule has 0 bridgehead atoms. The molecule has 1 atom stereocenters. The monoisotopic (exact) mass is 270 g/mol. The molecule has 0 heterocycles. The van der Waals surface area contributed by atoms with Crippen LogP contribution in [-0.2, 0) is 9.59 Å². The summed E-state index contributed by atoms with van der Waals surface area (Å²) in [5.74, 6) is 0.467. The van der Waals surface area contributed by atoms with E-state index in [0.717, 1.165) is 45.2 Å². The second-order valence-corrected chi connectivity index (χ2v) is 5.46. The van der Waals surface area contributed by atoms with E-state index in [1.165, 1.54) is 0 Å². The fourth-order valence-corrected chi connectivity index (χ4v) is 1.59. The molecule has 19 heavy (non-hydrogen) atoms. The van der Waals surface area contributed by atoms with Gasteiger partial charge in [-0.2, -0.15) is 0 Å². The largest absolute Gasteiger partial charge is 0.356 e. The summed E-state index contributed by atoms with van der Waals surface area (Å²) in [6, 6.07) is 0. The molecule has 0 aromatic heterocycles. The summed E-state index contributed by atoms with van der Waals surface area (Å²) < 4.78 is 0. The zero-order valence-corrected chi connectivity index (χ0v) is 12.9. The Hall–Kier alpha value is -1.06. The molecule has 112 valence electrons. The Morgan fingerprint density at radius 3 is 1.74 bits per heavy atom. The van der Waals surface area contributed by atoms with Crippen molar-refractivity contribution in [2.45, 2.75) is 59.8 Å². The third-order valence-electron chi connectivity index (χ3n) is 3.29. The van der Waals surface area contributed by atoms with Crippen LogP contribution in [0.3, 0.4) is 0 Å². The molecule has 0 saturated carbocycles. The first-order chi connectivity index (χ1) is 8.99. The van der Waals surface area contributed by atoms with Gasteiger partial charge in [0.2, 0.25) is 11.8 Å². The zero-order chi connectivity index (χ0) is 14.7. The van der Waals surface area contributed by atoms with E-state index >= 15 is 0 Å². The molecule has 2 N–H and O–H groups in total. The molecule has 0 rings (SSSR count). The standard InChI is InChI=1S/C15H30N2O2/c1-5-13(4)15(19)17-11-9-7-6-8-10-16-14(18)12(2)3/h12-13H,5-11H2,1-4H3,(H,16,18)(H,17,19). The van der Waals surface area contributed by atoms with Gasteiger partial charge in [-0.15, -0.1) is 0 Å². The molecule has 0 aliphatic rings. The number of unbranched alkanes of at least 4 members (excludes halogenated alkanes) is 3. The predicted octanol–water partition coefficient (Wildman–Crippen LogP) is 2.48. The Morgan fingerprint density at radius 2 is 1.32 bits per heavy atom. The smallest absolute Gasteiger partial charge is 0.222 e. The van der Waals surface area contributed by atoms with E-state index in [0.29, 0.717) is 0 Å². The van der Waals surface area contributed by atoms with Crippen molar-refractivity contribution in [2.75, 3.05) is 13.1 Å². The van der Waals surface area contributed by atoms with Crippen molar-refractivity contribution < 1.29 is 9.59 Å². The van der Waals surface area contributed by atoms with Gasteiger partial charge in [0.25, 0.3) is 0 Å². The van der Waals surface area contributed by atoms with Crippen LogP contribution >= 0.6 is 0 Å². The van der Waals surface area contributed by atoms with Gasteiger partial charge in [0.05, 0.1) is 0 Å². The van der Waals surface area contributed by atoms with Crippen molar-refractivity contribution >= 4 is 11.8 Å². The van der Waals surface area contributed by atoms with Crippen LogP contribution in [0.25, 0.3) is 0 Å². The van der Waals surface area contributed by atoms with Crippen LogP contribution in [0.15, 0.2) is 0 Å². The third-order valence-corrected chi connectivity index (χ3v) is 3.29.